The zero-order valence-electron chi connectivity index (χ0n) is 14.4. The molecule has 2 N–H and O–H groups in total. The standard InChI is InChI=1S/C20H20N4OS/c1-2-23-13-7-10-16(23)19-18(14-8-5-6-12-21-14)22-20(26)24(19)15-9-3-4-11-17(15)25/h3-13,18-19,25H,2H2,1H3,(H,22,26)/t18-,19-/m0/s1. The smallest absolute Gasteiger partial charge is 0.174 e. The molecule has 2 aromatic heterocycles. The van der Waals surface area contributed by atoms with Crippen LogP contribution >= 0.6 is 12.2 Å². The Labute approximate surface area is 157 Å². The molecular formula is C20H20N4OS. The topological polar surface area (TPSA) is 53.3 Å². The van der Waals surface area contributed by atoms with Crippen LogP contribution in [0, 0.1) is 0 Å². The number of nitrogens with zero attached hydrogens (tertiary/aromatic N) is 3. The summed E-state index contributed by atoms with van der Waals surface area (Å²) in [6.45, 7) is 2.97. The molecule has 0 radical (unpaired) electrons. The minimum Gasteiger partial charge on any atom is -0.506 e. The van der Waals surface area contributed by atoms with Crippen molar-refractivity contribution in [2.24, 2.45) is 0 Å². The van der Waals surface area contributed by atoms with Crippen LogP contribution in [0.15, 0.2) is 67.0 Å². The number of pyridine rings is 1. The Bertz CT molecular complexity index is 924. The molecule has 1 aliphatic heterocycles. The average molecular weight is 364 g/mol. The lowest BCUT2D eigenvalue weighted by Crippen LogP contribution is -2.30. The molecule has 5 nitrogen and oxygen atoms in total. The quantitative estimate of drug-likeness (QED) is 0.690. The molecule has 2 atom stereocenters. The van der Waals surface area contributed by atoms with Crippen LogP contribution in [0.1, 0.15) is 30.4 Å². The fraction of sp³-hybridized carbons (Fsp3) is 0.200. The first-order valence-electron chi connectivity index (χ1n) is 8.64. The Morgan fingerprint density at radius 1 is 1.12 bits per heavy atom. The Hall–Kier alpha value is -2.86. The number of rotatable bonds is 4. The van der Waals surface area contributed by atoms with E-state index in [1.54, 1.807) is 12.3 Å². The highest BCUT2D eigenvalue weighted by molar-refractivity contribution is 7.80. The number of aromatic nitrogens is 2. The second kappa shape index (κ2) is 6.80. The van der Waals surface area contributed by atoms with Crippen LogP contribution in [0.3, 0.4) is 0 Å². The molecule has 0 amide bonds. The lowest BCUT2D eigenvalue weighted by Gasteiger charge is -2.29. The molecule has 0 aliphatic carbocycles. The molecule has 1 aromatic carbocycles. The highest BCUT2D eigenvalue weighted by Gasteiger charge is 2.42. The van der Waals surface area contributed by atoms with E-state index >= 15 is 0 Å². The Morgan fingerprint density at radius 3 is 2.65 bits per heavy atom. The summed E-state index contributed by atoms with van der Waals surface area (Å²) in [5.74, 6) is 0.206. The van der Waals surface area contributed by atoms with E-state index in [0.717, 1.165) is 17.9 Å². The van der Waals surface area contributed by atoms with E-state index in [4.69, 9.17) is 12.2 Å². The molecule has 4 rings (SSSR count). The normalized spacial score (nSPS) is 19.6. The molecular weight excluding hydrogens is 344 g/mol. The predicted octanol–water partition coefficient (Wildman–Crippen LogP) is 3.79. The Kier molecular flexibility index (Phi) is 4.34. The molecule has 26 heavy (non-hydrogen) atoms. The summed E-state index contributed by atoms with van der Waals surface area (Å²) < 4.78 is 2.20. The molecule has 0 bridgehead atoms. The third-order valence-electron chi connectivity index (χ3n) is 4.75. The van der Waals surface area contributed by atoms with Crippen molar-refractivity contribution in [2.45, 2.75) is 25.6 Å². The summed E-state index contributed by atoms with van der Waals surface area (Å²) in [7, 11) is 0. The molecule has 6 heteroatoms. The van der Waals surface area contributed by atoms with E-state index in [1.807, 2.05) is 47.4 Å². The van der Waals surface area contributed by atoms with Gasteiger partial charge in [-0.1, -0.05) is 18.2 Å². The predicted molar refractivity (Wildman–Crippen MR) is 106 cm³/mol. The summed E-state index contributed by atoms with van der Waals surface area (Å²) in [6, 6.07) is 17.1. The molecule has 132 valence electrons. The maximum absolute atomic E-state index is 10.4. The van der Waals surface area contributed by atoms with Crippen LogP contribution < -0.4 is 10.2 Å². The van der Waals surface area contributed by atoms with Crippen molar-refractivity contribution in [3.8, 4) is 5.75 Å². The van der Waals surface area contributed by atoms with E-state index in [-0.39, 0.29) is 17.8 Å². The van der Waals surface area contributed by atoms with Gasteiger partial charge in [0.15, 0.2) is 5.11 Å². The van der Waals surface area contributed by atoms with Gasteiger partial charge in [0.1, 0.15) is 11.8 Å². The highest BCUT2D eigenvalue weighted by atomic mass is 32.1. The largest absolute Gasteiger partial charge is 0.506 e. The van der Waals surface area contributed by atoms with Crippen LogP contribution in [-0.4, -0.2) is 19.8 Å². The molecule has 1 saturated heterocycles. The van der Waals surface area contributed by atoms with Crippen LogP contribution in [0.25, 0.3) is 0 Å². The van der Waals surface area contributed by atoms with Gasteiger partial charge in [0.05, 0.1) is 17.4 Å². The van der Waals surface area contributed by atoms with Gasteiger partial charge in [0, 0.05) is 24.6 Å². The third-order valence-corrected chi connectivity index (χ3v) is 5.06. The van der Waals surface area contributed by atoms with Crippen LogP contribution in [-0.2, 0) is 6.54 Å². The number of aryl methyl sites for hydroxylation is 1. The van der Waals surface area contributed by atoms with Gasteiger partial charge in [-0.2, -0.15) is 0 Å². The second-order valence-corrected chi connectivity index (χ2v) is 6.59. The monoisotopic (exact) mass is 364 g/mol. The van der Waals surface area contributed by atoms with Gasteiger partial charge in [0.2, 0.25) is 0 Å². The van der Waals surface area contributed by atoms with Gasteiger partial charge in [-0.05, 0) is 55.5 Å². The Balaban J connectivity index is 1.87. The van der Waals surface area contributed by atoms with Crippen LogP contribution in [0.2, 0.25) is 0 Å². The summed E-state index contributed by atoms with van der Waals surface area (Å²) in [4.78, 5) is 6.53. The van der Waals surface area contributed by atoms with Gasteiger partial charge in [-0.15, -0.1) is 0 Å². The molecule has 0 unspecified atom stereocenters. The minimum atomic E-state index is -0.111. The number of benzene rings is 1. The van der Waals surface area contributed by atoms with E-state index in [1.165, 1.54) is 0 Å². The van der Waals surface area contributed by atoms with Crippen molar-refractivity contribution in [1.82, 2.24) is 14.9 Å². The van der Waals surface area contributed by atoms with Crippen molar-refractivity contribution < 1.29 is 5.11 Å². The molecule has 0 saturated carbocycles. The van der Waals surface area contributed by atoms with Gasteiger partial charge in [0.25, 0.3) is 0 Å². The van der Waals surface area contributed by atoms with Gasteiger partial charge < -0.3 is 19.9 Å². The van der Waals surface area contributed by atoms with E-state index in [0.29, 0.717) is 10.8 Å². The molecule has 1 aliphatic rings. The van der Waals surface area contributed by atoms with Gasteiger partial charge in [-0.3, -0.25) is 4.98 Å². The minimum absolute atomic E-state index is 0.108. The molecule has 1 fully saturated rings. The number of thiocarbonyl (C=S) groups is 1. The maximum Gasteiger partial charge on any atom is 0.174 e. The number of hydrogen-bond acceptors (Lipinski definition) is 3. The van der Waals surface area contributed by atoms with E-state index < -0.39 is 0 Å². The summed E-state index contributed by atoms with van der Waals surface area (Å²) in [5.41, 5.74) is 2.73. The number of aromatic hydroxyl groups is 1. The molecule has 3 heterocycles. The van der Waals surface area contributed by atoms with Gasteiger partial charge in [-0.25, -0.2) is 0 Å². The lowest BCUT2D eigenvalue weighted by molar-refractivity contribution is 0.470. The Morgan fingerprint density at radius 2 is 1.92 bits per heavy atom. The highest BCUT2D eigenvalue weighted by Crippen LogP contribution is 2.44. The van der Waals surface area contributed by atoms with E-state index in [9.17, 15) is 5.11 Å². The molecule has 3 aromatic rings. The number of phenolic OH excluding ortho intramolecular Hbond substituents is 1. The number of anilines is 1. The maximum atomic E-state index is 10.4. The number of nitrogens with one attached hydrogen (secondary N) is 1. The van der Waals surface area contributed by atoms with Crippen LogP contribution in [0.4, 0.5) is 5.69 Å². The number of phenols is 1. The first kappa shape index (κ1) is 16.6. The second-order valence-electron chi connectivity index (χ2n) is 6.20. The summed E-state index contributed by atoms with van der Waals surface area (Å²) in [6.07, 6.45) is 3.86. The first-order chi connectivity index (χ1) is 12.7. The third kappa shape index (κ3) is 2.72. The first-order valence-corrected chi connectivity index (χ1v) is 9.05. The average Bonchev–Trinajstić information content (AvgIpc) is 3.26. The number of para-hydroxylation sites is 2. The SMILES string of the molecule is CCn1cccc1[C@H]1[C@H](c2ccccn2)NC(=S)N1c1ccccc1O. The van der Waals surface area contributed by atoms with Gasteiger partial charge >= 0.3 is 0 Å². The lowest BCUT2D eigenvalue weighted by atomic mass is 10.0. The van der Waals surface area contributed by atoms with Crippen LogP contribution in [0.5, 0.6) is 5.75 Å². The summed E-state index contributed by atoms with van der Waals surface area (Å²) in [5, 5.41) is 14.4. The fourth-order valence-electron chi connectivity index (χ4n) is 3.57. The molecule has 0 spiro atoms. The zero-order chi connectivity index (χ0) is 18.1. The number of hydrogen-bond donors (Lipinski definition) is 2. The fourth-order valence-corrected chi connectivity index (χ4v) is 3.91. The summed E-state index contributed by atoms with van der Waals surface area (Å²) >= 11 is 5.66. The zero-order valence-corrected chi connectivity index (χ0v) is 15.2. The van der Waals surface area contributed by atoms with Crippen molar-refractivity contribution in [3.63, 3.8) is 0 Å². The van der Waals surface area contributed by atoms with Crippen molar-refractivity contribution in [3.05, 3.63) is 78.4 Å². The van der Waals surface area contributed by atoms with E-state index in [2.05, 4.69) is 34.1 Å². The van der Waals surface area contributed by atoms with Crippen molar-refractivity contribution >= 4 is 23.0 Å². The van der Waals surface area contributed by atoms with Crippen molar-refractivity contribution in [2.75, 3.05) is 4.90 Å². The van der Waals surface area contributed by atoms with Crippen molar-refractivity contribution in [1.29, 1.82) is 0 Å².